The van der Waals surface area contributed by atoms with Crippen LogP contribution in [0.4, 0.5) is 4.79 Å². The van der Waals surface area contributed by atoms with Crippen LogP contribution < -0.4 is 24.8 Å². The Kier molecular flexibility index (Phi) is 11.7. The molecule has 0 spiro atoms. The van der Waals surface area contributed by atoms with Crippen LogP contribution >= 0.6 is 23.2 Å². The van der Waals surface area contributed by atoms with E-state index in [2.05, 4.69) is 15.6 Å². The number of fused-ring (bicyclic) bond motifs is 2. The zero-order valence-corrected chi connectivity index (χ0v) is 35.1. The van der Waals surface area contributed by atoms with Gasteiger partial charge in [-0.2, -0.15) is 0 Å². The average molecular weight is 850 g/mol. The lowest BCUT2D eigenvalue weighted by Crippen LogP contribution is -2.61. The summed E-state index contributed by atoms with van der Waals surface area (Å²) < 4.78 is 18.7. The predicted molar refractivity (Wildman–Crippen MR) is 229 cm³/mol. The van der Waals surface area contributed by atoms with E-state index in [-0.39, 0.29) is 37.6 Å². The minimum Gasteiger partial charge on any atom is -0.489 e. The molecule has 3 N–H and O–H groups in total. The molecule has 3 aliphatic rings. The van der Waals surface area contributed by atoms with E-state index in [1.54, 1.807) is 18.3 Å². The summed E-state index contributed by atoms with van der Waals surface area (Å²) >= 11 is 12.2. The highest BCUT2D eigenvalue weighted by Crippen LogP contribution is 2.41. The van der Waals surface area contributed by atoms with Crippen LogP contribution in [-0.2, 0) is 35.6 Å². The van der Waals surface area contributed by atoms with Crippen LogP contribution in [0, 0.1) is 13.8 Å². The third kappa shape index (κ3) is 8.88. The van der Waals surface area contributed by atoms with Crippen molar-refractivity contribution >= 4 is 41.1 Å². The third-order valence-electron chi connectivity index (χ3n) is 11.9. The van der Waals surface area contributed by atoms with E-state index in [4.69, 9.17) is 37.4 Å². The maximum atomic E-state index is 14.2. The number of nitrogens with zero attached hydrogens (tertiary/aromatic N) is 2. The van der Waals surface area contributed by atoms with Gasteiger partial charge in [0.05, 0.1) is 10.0 Å². The normalized spacial score (nSPS) is 18.1. The van der Waals surface area contributed by atoms with Crippen LogP contribution in [-0.4, -0.2) is 57.1 Å². The number of hydrogen-bond donors (Lipinski definition) is 3. The first kappa shape index (κ1) is 41.0. The van der Waals surface area contributed by atoms with Crippen molar-refractivity contribution in [2.75, 3.05) is 6.61 Å². The van der Waals surface area contributed by atoms with Gasteiger partial charge in [-0.1, -0.05) is 65.7 Å². The lowest BCUT2D eigenvalue weighted by Gasteiger charge is -2.43. The summed E-state index contributed by atoms with van der Waals surface area (Å²) in [6.45, 7) is 6.69. The Morgan fingerprint density at radius 1 is 0.933 bits per heavy atom. The van der Waals surface area contributed by atoms with Gasteiger partial charge in [0.2, 0.25) is 5.91 Å². The molecule has 0 saturated heterocycles. The van der Waals surface area contributed by atoms with Crippen molar-refractivity contribution in [3.63, 3.8) is 0 Å². The fourth-order valence-electron chi connectivity index (χ4n) is 7.98. The first-order valence-electron chi connectivity index (χ1n) is 20.1. The van der Waals surface area contributed by atoms with Gasteiger partial charge in [0.25, 0.3) is 0 Å². The predicted octanol–water partition coefficient (Wildman–Crippen LogP) is 8.95. The summed E-state index contributed by atoms with van der Waals surface area (Å²) in [6.07, 6.45) is 4.29. The molecule has 5 aromatic rings. The fourth-order valence-corrected chi connectivity index (χ4v) is 8.30. The molecule has 3 amide bonds. The zero-order valence-electron chi connectivity index (χ0n) is 33.6. The summed E-state index contributed by atoms with van der Waals surface area (Å²) in [4.78, 5) is 46.6. The number of rotatable bonds is 11. The van der Waals surface area contributed by atoms with Gasteiger partial charge in [-0.25, -0.2) is 9.59 Å². The minimum absolute atomic E-state index is 0.0671. The summed E-state index contributed by atoms with van der Waals surface area (Å²) in [7, 11) is 0. The quantitative estimate of drug-likeness (QED) is 0.120. The number of carbonyl (C=O) groups is 3. The van der Waals surface area contributed by atoms with Gasteiger partial charge in [0.1, 0.15) is 31.0 Å². The van der Waals surface area contributed by atoms with Crippen molar-refractivity contribution in [2.24, 2.45) is 0 Å². The van der Waals surface area contributed by atoms with Crippen molar-refractivity contribution in [2.45, 2.75) is 89.8 Å². The largest absolute Gasteiger partial charge is 0.489 e. The maximum absolute atomic E-state index is 14.2. The van der Waals surface area contributed by atoms with Crippen molar-refractivity contribution in [3.05, 3.63) is 140 Å². The summed E-state index contributed by atoms with van der Waals surface area (Å²) in [5.41, 5.74) is 7.87. The van der Waals surface area contributed by atoms with Crippen molar-refractivity contribution in [3.8, 4) is 28.4 Å². The Hall–Kier alpha value is -5.78. The van der Waals surface area contributed by atoms with Crippen molar-refractivity contribution < 1.29 is 33.7 Å². The number of amides is 3. The molecule has 4 aromatic carbocycles. The number of carboxylic acid groups (broad SMARTS) is 1. The first-order chi connectivity index (χ1) is 28.8. The van der Waals surface area contributed by atoms with Crippen molar-refractivity contribution in [1.82, 2.24) is 20.5 Å². The molecule has 11 nitrogen and oxygen atoms in total. The highest BCUT2D eigenvalue weighted by Gasteiger charge is 2.41. The maximum Gasteiger partial charge on any atom is 0.326 e. The second-order valence-corrected chi connectivity index (χ2v) is 17.0. The van der Waals surface area contributed by atoms with Crippen LogP contribution in [0.1, 0.15) is 71.4 Å². The average Bonchev–Trinajstić information content (AvgIpc) is 3.23. The molecule has 3 heterocycles. The lowest BCUT2D eigenvalue weighted by atomic mass is 9.78. The Balaban J connectivity index is 0.968. The number of aliphatic carboxylic acids is 1. The molecule has 0 radical (unpaired) electrons. The number of nitrogens with one attached hydrogen (secondary N) is 2. The van der Waals surface area contributed by atoms with Crippen LogP contribution in [0.25, 0.3) is 11.1 Å². The number of halogens is 2. The molecule has 1 fully saturated rings. The number of aromatic nitrogens is 1. The molecule has 8 rings (SSSR count). The molecule has 1 saturated carbocycles. The molecule has 0 unspecified atom stereocenters. The van der Waals surface area contributed by atoms with Crippen LogP contribution in [0.5, 0.6) is 17.2 Å². The number of carboxylic acids is 1. The second-order valence-electron chi connectivity index (χ2n) is 16.2. The lowest BCUT2D eigenvalue weighted by molar-refractivity contribution is -0.142. The van der Waals surface area contributed by atoms with Gasteiger partial charge in [0, 0.05) is 36.8 Å². The van der Waals surface area contributed by atoms with E-state index >= 15 is 0 Å². The molecule has 60 heavy (non-hydrogen) atoms. The summed E-state index contributed by atoms with van der Waals surface area (Å²) in [5.74, 6) is 0.0433. The molecular weight excluding hydrogens is 803 g/mol. The topological polar surface area (TPSA) is 139 Å². The molecule has 13 heteroatoms. The number of pyridine rings is 1. The smallest absolute Gasteiger partial charge is 0.326 e. The number of benzene rings is 4. The molecule has 3 atom stereocenters. The molecular formula is C47H46Cl2N4O7. The van der Waals surface area contributed by atoms with E-state index in [9.17, 15) is 19.5 Å². The molecule has 0 bridgehead atoms. The Morgan fingerprint density at radius 2 is 1.67 bits per heavy atom. The number of urea groups is 1. The highest BCUT2D eigenvalue weighted by molar-refractivity contribution is 6.42. The zero-order chi connectivity index (χ0) is 42.1. The standard InChI is InChI=1S/C47H46Cl2N4O7/c1-27-28(2)50-18-15-36(27)31-8-5-29(6-9-31)20-39(45(55)56)51-44(54)40-21-33-22-41-42(23-34(33)24-53(40)46(57)52-47(3)16-4-17-47)60-43(26-59-41)32-10-12-35(13-11-32)58-25-30-7-14-37(48)38(49)19-30/h5-15,18-19,22-23,39-40,43H,4,16-17,20-21,24-26H2,1-3H3,(H,51,54)(H,52,57)(H,55,56)/t39-,40-,43+/m0/s1. The molecule has 2 aliphatic heterocycles. The Labute approximate surface area is 359 Å². The van der Waals surface area contributed by atoms with Gasteiger partial charge in [-0.15, -0.1) is 0 Å². The number of aryl methyl sites for hydroxylation is 1. The van der Waals surface area contributed by atoms with Crippen LogP contribution in [0.2, 0.25) is 10.0 Å². The molecule has 310 valence electrons. The Bertz CT molecular complexity index is 2440. The van der Waals surface area contributed by atoms with Gasteiger partial charge in [-0.3, -0.25) is 9.78 Å². The number of hydrogen-bond acceptors (Lipinski definition) is 7. The Morgan fingerprint density at radius 3 is 2.37 bits per heavy atom. The minimum atomic E-state index is -1.22. The molecule has 1 aliphatic carbocycles. The molecule has 1 aromatic heterocycles. The highest BCUT2D eigenvalue weighted by atomic mass is 35.5. The van der Waals surface area contributed by atoms with Crippen molar-refractivity contribution in [1.29, 1.82) is 0 Å². The monoisotopic (exact) mass is 848 g/mol. The van der Waals surface area contributed by atoms with E-state index in [1.807, 2.05) is 93.6 Å². The van der Waals surface area contributed by atoms with Gasteiger partial charge >= 0.3 is 12.0 Å². The first-order valence-corrected chi connectivity index (χ1v) is 20.8. The van der Waals surface area contributed by atoms with Crippen LogP contribution in [0.15, 0.2) is 91.1 Å². The van der Waals surface area contributed by atoms with Gasteiger partial charge in [-0.05, 0) is 127 Å². The number of ether oxygens (including phenoxy) is 3. The van der Waals surface area contributed by atoms with E-state index in [0.717, 1.165) is 69.5 Å². The van der Waals surface area contributed by atoms with E-state index in [1.165, 1.54) is 4.90 Å². The SMILES string of the molecule is Cc1nccc(-c2ccc(C[C@H](NC(=O)[C@@H]3Cc4cc5c(cc4CN3C(=O)NC3(C)CCC3)O[C@@H](c3ccc(OCc4ccc(Cl)c(Cl)c4)cc3)CO5)C(=O)O)cc2)c1C. The van der Waals surface area contributed by atoms with Crippen LogP contribution in [0.3, 0.4) is 0 Å². The van der Waals surface area contributed by atoms with E-state index < -0.39 is 30.1 Å². The fraction of sp³-hybridized carbons (Fsp3) is 0.319. The third-order valence-corrected chi connectivity index (χ3v) is 12.6. The van der Waals surface area contributed by atoms with Gasteiger partial charge < -0.3 is 34.9 Å². The second kappa shape index (κ2) is 17.1. The summed E-state index contributed by atoms with van der Waals surface area (Å²) in [5, 5.41) is 17.2. The van der Waals surface area contributed by atoms with Gasteiger partial charge in [0.15, 0.2) is 17.6 Å². The van der Waals surface area contributed by atoms with E-state index in [0.29, 0.717) is 33.9 Å². The number of carbonyl (C=O) groups excluding carboxylic acids is 2. The summed E-state index contributed by atoms with van der Waals surface area (Å²) in [6, 6.07) is 23.8.